The summed E-state index contributed by atoms with van der Waals surface area (Å²) in [6, 6.07) is 1.90. The van der Waals surface area contributed by atoms with Crippen molar-refractivity contribution < 1.29 is 4.79 Å². The second kappa shape index (κ2) is 3.74. The predicted molar refractivity (Wildman–Crippen MR) is 58.9 cm³/mol. The van der Waals surface area contributed by atoms with Crippen molar-refractivity contribution in [1.82, 2.24) is 10.3 Å². The first-order valence-electron chi connectivity index (χ1n) is 5.33. The molecule has 80 valence electrons. The summed E-state index contributed by atoms with van der Waals surface area (Å²) in [5.74, 6) is 0.163. The van der Waals surface area contributed by atoms with Crippen molar-refractivity contribution in [3.63, 3.8) is 0 Å². The molecule has 0 spiro atoms. The Bertz CT molecular complexity index is 381. The van der Waals surface area contributed by atoms with E-state index in [1.165, 1.54) is 0 Å². The summed E-state index contributed by atoms with van der Waals surface area (Å²) in [7, 11) is 0. The van der Waals surface area contributed by atoms with Gasteiger partial charge >= 0.3 is 0 Å². The SMILES string of the molecule is Cc1cncc(C(=O)C2(C)CCCN2)c1. The average Bonchev–Trinajstić information content (AvgIpc) is 2.65. The number of carbonyl (C=O) groups excluding carboxylic acids is 1. The van der Waals surface area contributed by atoms with Crippen molar-refractivity contribution in [3.8, 4) is 0 Å². The normalized spacial score (nSPS) is 25.5. The first-order valence-corrected chi connectivity index (χ1v) is 5.33. The van der Waals surface area contributed by atoms with Crippen LogP contribution in [0.25, 0.3) is 0 Å². The summed E-state index contributed by atoms with van der Waals surface area (Å²) in [6.45, 7) is 4.86. The lowest BCUT2D eigenvalue weighted by Crippen LogP contribution is -2.44. The second-order valence-corrected chi connectivity index (χ2v) is 4.44. The molecular formula is C12H16N2O. The molecule has 1 aromatic heterocycles. The summed E-state index contributed by atoms with van der Waals surface area (Å²) >= 11 is 0. The molecule has 0 aromatic carbocycles. The van der Waals surface area contributed by atoms with Crippen LogP contribution in [0, 0.1) is 6.92 Å². The molecule has 3 heteroatoms. The van der Waals surface area contributed by atoms with Crippen LogP contribution in [-0.2, 0) is 0 Å². The highest BCUT2D eigenvalue weighted by Gasteiger charge is 2.36. The number of hydrogen-bond donors (Lipinski definition) is 1. The molecule has 1 unspecified atom stereocenters. The molecular weight excluding hydrogens is 188 g/mol. The first-order chi connectivity index (χ1) is 7.12. The van der Waals surface area contributed by atoms with Gasteiger partial charge in [0.05, 0.1) is 5.54 Å². The van der Waals surface area contributed by atoms with Crippen molar-refractivity contribution in [1.29, 1.82) is 0 Å². The molecule has 0 amide bonds. The molecule has 0 saturated carbocycles. The van der Waals surface area contributed by atoms with E-state index in [9.17, 15) is 4.79 Å². The maximum Gasteiger partial charge on any atom is 0.184 e. The standard InChI is InChI=1S/C12H16N2O/c1-9-6-10(8-13-7-9)11(15)12(2)4-3-5-14-12/h6-8,14H,3-5H2,1-2H3. The van der Waals surface area contributed by atoms with Gasteiger partial charge in [-0.1, -0.05) is 0 Å². The number of aromatic nitrogens is 1. The zero-order valence-corrected chi connectivity index (χ0v) is 9.21. The summed E-state index contributed by atoms with van der Waals surface area (Å²) in [4.78, 5) is 16.3. The van der Waals surface area contributed by atoms with E-state index in [1.54, 1.807) is 12.4 Å². The Morgan fingerprint density at radius 2 is 2.33 bits per heavy atom. The van der Waals surface area contributed by atoms with Crippen LogP contribution >= 0.6 is 0 Å². The van der Waals surface area contributed by atoms with Crippen LogP contribution in [-0.4, -0.2) is 22.9 Å². The van der Waals surface area contributed by atoms with Gasteiger partial charge < -0.3 is 5.32 Å². The summed E-state index contributed by atoms with van der Waals surface area (Å²) in [5.41, 5.74) is 1.37. The van der Waals surface area contributed by atoms with Gasteiger partial charge in [0.15, 0.2) is 5.78 Å². The number of aryl methyl sites for hydroxylation is 1. The average molecular weight is 204 g/mol. The monoisotopic (exact) mass is 204 g/mol. The van der Waals surface area contributed by atoms with Crippen LogP contribution in [0.5, 0.6) is 0 Å². The maximum atomic E-state index is 12.2. The van der Waals surface area contributed by atoms with E-state index >= 15 is 0 Å². The lowest BCUT2D eigenvalue weighted by Gasteiger charge is -2.22. The molecule has 0 aliphatic carbocycles. The fourth-order valence-electron chi connectivity index (χ4n) is 2.09. The minimum absolute atomic E-state index is 0.163. The van der Waals surface area contributed by atoms with Crippen molar-refractivity contribution in [2.45, 2.75) is 32.2 Å². The van der Waals surface area contributed by atoms with Crippen molar-refractivity contribution >= 4 is 5.78 Å². The number of carbonyl (C=O) groups is 1. The van der Waals surface area contributed by atoms with Crippen LogP contribution < -0.4 is 5.32 Å². The molecule has 1 atom stereocenters. The van der Waals surface area contributed by atoms with Crippen LogP contribution in [0.2, 0.25) is 0 Å². The zero-order valence-electron chi connectivity index (χ0n) is 9.21. The van der Waals surface area contributed by atoms with Gasteiger partial charge in [0.2, 0.25) is 0 Å². The largest absolute Gasteiger partial charge is 0.305 e. The number of hydrogen-bond acceptors (Lipinski definition) is 3. The topological polar surface area (TPSA) is 42.0 Å². The van der Waals surface area contributed by atoms with E-state index in [2.05, 4.69) is 10.3 Å². The van der Waals surface area contributed by atoms with Crippen LogP contribution in [0.15, 0.2) is 18.5 Å². The highest BCUT2D eigenvalue weighted by molar-refractivity contribution is 6.03. The van der Waals surface area contributed by atoms with E-state index in [0.717, 1.165) is 24.9 Å². The van der Waals surface area contributed by atoms with Crippen molar-refractivity contribution in [3.05, 3.63) is 29.6 Å². The summed E-state index contributed by atoms with van der Waals surface area (Å²) < 4.78 is 0. The third-order valence-electron chi connectivity index (χ3n) is 3.01. The van der Waals surface area contributed by atoms with Gasteiger partial charge in [0.1, 0.15) is 0 Å². The van der Waals surface area contributed by atoms with Crippen LogP contribution in [0.4, 0.5) is 0 Å². The van der Waals surface area contributed by atoms with E-state index in [-0.39, 0.29) is 11.3 Å². The quantitative estimate of drug-likeness (QED) is 0.746. The van der Waals surface area contributed by atoms with E-state index < -0.39 is 0 Å². The van der Waals surface area contributed by atoms with Crippen molar-refractivity contribution in [2.75, 3.05) is 6.54 Å². The molecule has 1 fully saturated rings. The van der Waals surface area contributed by atoms with Crippen molar-refractivity contribution in [2.24, 2.45) is 0 Å². The fraction of sp³-hybridized carbons (Fsp3) is 0.500. The van der Waals surface area contributed by atoms with Gasteiger partial charge in [-0.15, -0.1) is 0 Å². The Hall–Kier alpha value is -1.22. The zero-order chi connectivity index (χ0) is 10.9. The van der Waals surface area contributed by atoms with Gasteiger partial charge in [0.25, 0.3) is 0 Å². The second-order valence-electron chi connectivity index (χ2n) is 4.44. The van der Waals surface area contributed by atoms with E-state index in [4.69, 9.17) is 0 Å². The Morgan fingerprint density at radius 3 is 2.93 bits per heavy atom. The number of nitrogens with zero attached hydrogens (tertiary/aromatic N) is 1. The molecule has 1 aliphatic rings. The smallest absolute Gasteiger partial charge is 0.184 e. The molecule has 2 heterocycles. The third kappa shape index (κ3) is 1.92. The molecule has 1 saturated heterocycles. The third-order valence-corrected chi connectivity index (χ3v) is 3.01. The predicted octanol–water partition coefficient (Wildman–Crippen LogP) is 1.71. The molecule has 15 heavy (non-hydrogen) atoms. The maximum absolute atomic E-state index is 12.2. The summed E-state index contributed by atoms with van der Waals surface area (Å²) in [6.07, 6.45) is 5.41. The number of nitrogens with one attached hydrogen (secondary N) is 1. The molecule has 1 aromatic rings. The Balaban J connectivity index is 2.27. The van der Waals surface area contributed by atoms with E-state index in [1.807, 2.05) is 19.9 Å². The first kappa shape index (κ1) is 10.3. The Kier molecular flexibility index (Phi) is 2.57. The minimum Gasteiger partial charge on any atom is -0.305 e. The molecule has 0 bridgehead atoms. The lowest BCUT2D eigenvalue weighted by molar-refractivity contribution is 0.0884. The van der Waals surface area contributed by atoms with Crippen LogP contribution in [0.1, 0.15) is 35.7 Å². The molecule has 2 rings (SSSR count). The minimum atomic E-state index is -0.379. The van der Waals surface area contributed by atoms with Crippen LogP contribution in [0.3, 0.4) is 0 Å². The molecule has 3 nitrogen and oxygen atoms in total. The number of ketones is 1. The molecule has 0 radical (unpaired) electrons. The number of Topliss-reactive ketones (excluding diaryl/α,β-unsaturated/α-hetero) is 1. The Morgan fingerprint density at radius 1 is 1.53 bits per heavy atom. The fourth-order valence-corrected chi connectivity index (χ4v) is 2.09. The van der Waals surface area contributed by atoms with E-state index in [0.29, 0.717) is 5.56 Å². The highest BCUT2D eigenvalue weighted by atomic mass is 16.1. The number of pyridine rings is 1. The Labute approximate surface area is 89.9 Å². The van der Waals surface area contributed by atoms with Gasteiger partial charge in [-0.2, -0.15) is 0 Å². The molecule has 1 aliphatic heterocycles. The van der Waals surface area contributed by atoms with Gasteiger partial charge in [-0.05, 0) is 44.9 Å². The molecule has 1 N–H and O–H groups in total. The number of rotatable bonds is 2. The van der Waals surface area contributed by atoms with Gasteiger partial charge in [-0.25, -0.2) is 0 Å². The highest BCUT2D eigenvalue weighted by Crippen LogP contribution is 2.23. The lowest BCUT2D eigenvalue weighted by atomic mass is 9.90. The van der Waals surface area contributed by atoms with Gasteiger partial charge in [-0.3, -0.25) is 9.78 Å². The summed E-state index contributed by atoms with van der Waals surface area (Å²) in [5, 5.41) is 3.27. The van der Waals surface area contributed by atoms with Gasteiger partial charge in [0, 0.05) is 18.0 Å².